The Labute approximate surface area is 272 Å². The minimum absolute atomic E-state index is 0.00751. The van der Waals surface area contributed by atoms with Crippen molar-refractivity contribution in [2.24, 2.45) is 24.6 Å². The molecule has 11 nitrogen and oxygen atoms in total. The van der Waals surface area contributed by atoms with E-state index in [9.17, 15) is 9.59 Å². The third-order valence-corrected chi connectivity index (χ3v) is 10.8. The van der Waals surface area contributed by atoms with Gasteiger partial charge in [0.1, 0.15) is 22.7 Å². The van der Waals surface area contributed by atoms with Gasteiger partial charge in [-0.1, -0.05) is 6.07 Å². The Kier molecular flexibility index (Phi) is 6.21. The zero-order valence-electron chi connectivity index (χ0n) is 26.9. The number of nitrogens with zero attached hydrogens (tertiary/aromatic N) is 6. The Morgan fingerprint density at radius 3 is 2.64 bits per heavy atom. The second-order valence-corrected chi connectivity index (χ2v) is 13.8. The first-order chi connectivity index (χ1) is 22.8. The van der Waals surface area contributed by atoms with Crippen LogP contribution in [-0.4, -0.2) is 73.5 Å². The van der Waals surface area contributed by atoms with E-state index in [1.807, 2.05) is 55.4 Å². The molecule has 0 spiro atoms. The van der Waals surface area contributed by atoms with Crippen LogP contribution in [0, 0.1) is 11.8 Å². The number of carbonyl (C=O) groups excluding carboxylic acids is 2. The summed E-state index contributed by atoms with van der Waals surface area (Å²) >= 11 is 0. The van der Waals surface area contributed by atoms with Crippen LogP contribution in [0.5, 0.6) is 5.75 Å². The Hall–Kier alpha value is -4.90. The average Bonchev–Trinajstić information content (AvgIpc) is 3.28. The highest BCUT2D eigenvalue weighted by atomic mass is 16.5. The third-order valence-electron chi connectivity index (χ3n) is 10.8. The summed E-state index contributed by atoms with van der Waals surface area (Å²) in [4.78, 5) is 40.2. The van der Waals surface area contributed by atoms with E-state index in [2.05, 4.69) is 26.6 Å². The maximum atomic E-state index is 13.7. The second-order valence-electron chi connectivity index (χ2n) is 13.8. The number of nitrogens with two attached hydrogens (primary N) is 1. The van der Waals surface area contributed by atoms with Crippen molar-refractivity contribution in [3.63, 3.8) is 0 Å². The standard InChI is InChI=1S/C36H38N8O3/c1-41-17-21-6-9-24(15-25(21)36(41)46)38-30-11-8-20-13-28(43(33(20)40-30)16-19-4-5-19)34-39-26-12-23(14-29(47-3)32(26)42(34)2)35(45)44-18-22-7-10-27(44)31(22)37/h6,8-9,11-15,19,22,27,31H,4-5,7,10,16-18,37H2,1-3H3,(H,38,40)/t22-,27-,31-/m1/s1. The molecule has 5 heterocycles. The number of hydrogen-bond acceptors (Lipinski definition) is 7. The van der Waals surface area contributed by atoms with E-state index in [-0.39, 0.29) is 23.9 Å². The van der Waals surface area contributed by atoms with Gasteiger partial charge < -0.3 is 34.7 Å². The molecule has 1 saturated heterocycles. The number of ether oxygens (including phenoxy) is 1. The molecule has 5 aromatic rings. The summed E-state index contributed by atoms with van der Waals surface area (Å²) in [6.45, 7) is 2.19. The molecular formula is C36H38N8O3. The molecular weight excluding hydrogens is 592 g/mol. The number of aromatic nitrogens is 4. The van der Waals surface area contributed by atoms with Crippen molar-refractivity contribution in [1.82, 2.24) is 28.9 Å². The topological polar surface area (TPSA) is 124 Å². The summed E-state index contributed by atoms with van der Waals surface area (Å²) in [7, 11) is 5.46. The number of aryl methyl sites for hydroxylation is 1. The number of likely N-dealkylation sites (tertiary alicyclic amines) is 1. The number of carbonyl (C=O) groups is 2. The molecule has 240 valence electrons. The zero-order valence-corrected chi connectivity index (χ0v) is 26.9. The van der Waals surface area contributed by atoms with Gasteiger partial charge in [-0.2, -0.15) is 0 Å². The summed E-state index contributed by atoms with van der Waals surface area (Å²) in [6.07, 6.45) is 4.44. The summed E-state index contributed by atoms with van der Waals surface area (Å²) in [5.74, 6) is 3.13. The van der Waals surface area contributed by atoms with Crippen molar-refractivity contribution in [1.29, 1.82) is 0 Å². The van der Waals surface area contributed by atoms with Gasteiger partial charge in [0.2, 0.25) is 0 Å². The lowest BCUT2D eigenvalue weighted by Gasteiger charge is -2.27. The number of rotatable bonds is 7. The van der Waals surface area contributed by atoms with Gasteiger partial charge in [-0.25, -0.2) is 9.97 Å². The first-order valence-corrected chi connectivity index (χ1v) is 16.5. The molecule has 0 unspecified atom stereocenters. The molecule has 3 fully saturated rings. The number of hydrogen-bond donors (Lipinski definition) is 2. The van der Waals surface area contributed by atoms with E-state index in [0.717, 1.165) is 64.3 Å². The van der Waals surface area contributed by atoms with Crippen LogP contribution in [0.2, 0.25) is 0 Å². The average molecular weight is 631 g/mol. The molecule has 2 aliphatic heterocycles. The summed E-state index contributed by atoms with van der Waals surface area (Å²) in [6, 6.07) is 16.0. The van der Waals surface area contributed by atoms with Crippen molar-refractivity contribution < 1.29 is 14.3 Å². The number of methoxy groups -OCH3 is 1. The molecule has 4 aliphatic rings. The fraction of sp³-hybridized carbons (Fsp3) is 0.389. The molecule has 2 amide bonds. The smallest absolute Gasteiger partial charge is 0.254 e. The number of pyridine rings is 1. The van der Waals surface area contributed by atoms with Gasteiger partial charge in [0.25, 0.3) is 11.8 Å². The minimum Gasteiger partial charge on any atom is -0.494 e. The fourth-order valence-electron chi connectivity index (χ4n) is 8.06. The van der Waals surface area contributed by atoms with Gasteiger partial charge in [0.05, 0.1) is 18.3 Å². The lowest BCUT2D eigenvalue weighted by Crippen LogP contribution is -2.41. The van der Waals surface area contributed by atoms with E-state index in [4.69, 9.17) is 20.4 Å². The maximum Gasteiger partial charge on any atom is 0.254 e. The summed E-state index contributed by atoms with van der Waals surface area (Å²) in [5, 5.41) is 4.45. The summed E-state index contributed by atoms with van der Waals surface area (Å²) < 4.78 is 10.2. The van der Waals surface area contributed by atoms with Crippen LogP contribution >= 0.6 is 0 Å². The first kappa shape index (κ1) is 28.3. The molecule has 3 aromatic heterocycles. The molecule has 2 saturated carbocycles. The molecule has 2 aromatic carbocycles. The van der Waals surface area contributed by atoms with Crippen molar-refractivity contribution in [3.8, 4) is 17.3 Å². The molecule has 2 bridgehead atoms. The van der Waals surface area contributed by atoms with Crippen molar-refractivity contribution in [2.45, 2.75) is 50.9 Å². The number of fused-ring (bicyclic) bond motifs is 5. The van der Waals surface area contributed by atoms with Gasteiger partial charge in [0.15, 0.2) is 5.82 Å². The highest BCUT2D eigenvalue weighted by molar-refractivity contribution is 6.01. The fourth-order valence-corrected chi connectivity index (χ4v) is 8.06. The Morgan fingerprint density at radius 2 is 1.89 bits per heavy atom. The highest BCUT2D eigenvalue weighted by Gasteiger charge is 2.47. The molecule has 3 atom stereocenters. The summed E-state index contributed by atoms with van der Waals surface area (Å²) in [5.41, 5.74) is 13.0. The van der Waals surface area contributed by atoms with E-state index < -0.39 is 0 Å². The lowest BCUT2D eigenvalue weighted by molar-refractivity contribution is 0.0700. The van der Waals surface area contributed by atoms with E-state index in [1.165, 1.54) is 12.8 Å². The number of imidazole rings is 1. The van der Waals surface area contributed by atoms with Gasteiger partial charge >= 0.3 is 0 Å². The van der Waals surface area contributed by atoms with Crippen molar-refractivity contribution in [2.75, 3.05) is 26.0 Å². The first-order valence-electron chi connectivity index (χ1n) is 16.5. The zero-order chi connectivity index (χ0) is 32.1. The predicted octanol–water partition coefficient (Wildman–Crippen LogP) is 4.90. The highest BCUT2D eigenvalue weighted by Crippen LogP contribution is 2.40. The van der Waals surface area contributed by atoms with Crippen LogP contribution in [0.3, 0.4) is 0 Å². The third kappa shape index (κ3) is 4.43. The predicted molar refractivity (Wildman–Crippen MR) is 180 cm³/mol. The molecule has 9 rings (SSSR count). The number of anilines is 2. The lowest BCUT2D eigenvalue weighted by atomic mass is 10.1. The van der Waals surface area contributed by atoms with Crippen LogP contribution in [0.4, 0.5) is 11.5 Å². The van der Waals surface area contributed by atoms with Crippen LogP contribution in [0.15, 0.2) is 48.5 Å². The monoisotopic (exact) mass is 630 g/mol. The van der Waals surface area contributed by atoms with Crippen molar-refractivity contribution in [3.05, 3.63) is 65.2 Å². The maximum absolute atomic E-state index is 13.7. The Morgan fingerprint density at radius 1 is 1.04 bits per heavy atom. The van der Waals surface area contributed by atoms with E-state index >= 15 is 0 Å². The van der Waals surface area contributed by atoms with Crippen LogP contribution in [-0.2, 0) is 20.1 Å². The van der Waals surface area contributed by atoms with E-state index in [1.54, 1.807) is 12.0 Å². The SMILES string of the molecule is COc1cc(C(=O)N2C[C@H]3CC[C@@H]2[C@@H]3N)cc2nc(-c3cc4ccc(Nc5ccc6c(c5)C(=O)N(C)C6)nc4n3CC3CC3)n(C)c12. The minimum atomic E-state index is -0.00751. The van der Waals surface area contributed by atoms with Crippen LogP contribution < -0.4 is 15.8 Å². The quantitative estimate of drug-likeness (QED) is 0.262. The molecule has 47 heavy (non-hydrogen) atoms. The number of nitrogens with one attached hydrogen (secondary N) is 1. The van der Waals surface area contributed by atoms with Gasteiger partial charge in [-0.15, -0.1) is 0 Å². The van der Waals surface area contributed by atoms with Crippen LogP contribution in [0.1, 0.15) is 52.0 Å². The van der Waals surface area contributed by atoms with Gasteiger partial charge in [-0.3, -0.25) is 9.59 Å². The number of piperidine rings is 1. The molecule has 11 heteroatoms. The normalized spacial score (nSPS) is 21.8. The second kappa shape index (κ2) is 10.3. The number of amides is 2. The molecule has 0 radical (unpaired) electrons. The Balaban J connectivity index is 1.10. The Bertz CT molecular complexity index is 2130. The van der Waals surface area contributed by atoms with Gasteiger partial charge in [-0.05, 0) is 85.5 Å². The molecule has 2 aliphatic carbocycles. The molecule has 3 N–H and O–H groups in total. The van der Waals surface area contributed by atoms with E-state index in [0.29, 0.717) is 47.6 Å². The largest absolute Gasteiger partial charge is 0.494 e. The number of benzene rings is 2. The van der Waals surface area contributed by atoms with Crippen molar-refractivity contribution >= 4 is 45.4 Å². The van der Waals surface area contributed by atoms with Gasteiger partial charge in [0, 0.05) is 68.0 Å². The van der Waals surface area contributed by atoms with Crippen LogP contribution in [0.25, 0.3) is 33.6 Å².